The van der Waals surface area contributed by atoms with Crippen LogP contribution in [0, 0.1) is 0 Å². The highest BCUT2D eigenvalue weighted by atomic mass is 35.5. The van der Waals surface area contributed by atoms with Gasteiger partial charge in [-0.25, -0.2) is 4.99 Å². The number of carbonyl (C=O) groups is 1. The maximum atomic E-state index is 12.3. The lowest BCUT2D eigenvalue weighted by Crippen LogP contribution is -2.19. The molecule has 0 bridgehead atoms. The number of hydrogen-bond acceptors (Lipinski definition) is 3. The molecule has 1 saturated heterocycles. The third-order valence-electron chi connectivity index (χ3n) is 3.84. The zero-order valence-corrected chi connectivity index (χ0v) is 15.0. The number of nitrogens with zero attached hydrogens (tertiary/aromatic N) is 1. The molecule has 1 aliphatic heterocycles. The summed E-state index contributed by atoms with van der Waals surface area (Å²) in [5.41, 5.74) is 3.95. The number of aliphatic imine (C=N–C) groups is 1. The van der Waals surface area contributed by atoms with Gasteiger partial charge in [-0.15, -0.1) is 0 Å². The molecule has 3 rings (SSSR count). The fourth-order valence-electron chi connectivity index (χ4n) is 2.48. The van der Waals surface area contributed by atoms with E-state index >= 15 is 0 Å². The van der Waals surface area contributed by atoms with Gasteiger partial charge in [0.15, 0.2) is 5.17 Å². The van der Waals surface area contributed by atoms with Crippen LogP contribution in [0.2, 0.25) is 5.02 Å². The van der Waals surface area contributed by atoms with Crippen molar-refractivity contribution in [1.82, 2.24) is 5.32 Å². The largest absolute Gasteiger partial charge is 0.300 e. The summed E-state index contributed by atoms with van der Waals surface area (Å²) in [6.45, 7) is 4.03. The van der Waals surface area contributed by atoms with Crippen molar-refractivity contribution < 1.29 is 4.79 Å². The first-order valence-electron chi connectivity index (χ1n) is 7.71. The summed E-state index contributed by atoms with van der Waals surface area (Å²) in [7, 11) is 0. The Hall–Kier alpha value is -2.04. The van der Waals surface area contributed by atoms with E-state index in [2.05, 4.69) is 23.3 Å². The van der Waals surface area contributed by atoms with E-state index in [1.54, 1.807) is 0 Å². The molecule has 1 N–H and O–H groups in total. The second kappa shape index (κ2) is 7.24. The number of nitrogens with one attached hydrogen (secondary N) is 1. The average molecular weight is 357 g/mol. The molecular formula is C19H17ClN2OS. The summed E-state index contributed by atoms with van der Waals surface area (Å²) in [5.74, 6) is -0.111. The Balaban J connectivity index is 1.92. The maximum Gasteiger partial charge on any atom is 0.264 e. The Bertz CT molecular complexity index is 841. The number of hydrogen-bond donors (Lipinski definition) is 1. The van der Waals surface area contributed by atoms with Crippen LogP contribution in [0.1, 0.15) is 25.0 Å². The molecule has 1 amide bonds. The molecule has 3 nitrogen and oxygen atoms in total. The molecule has 1 aliphatic rings. The van der Waals surface area contributed by atoms with Gasteiger partial charge in [-0.1, -0.05) is 48.9 Å². The van der Waals surface area contributed by atoms with Crippen LogP contribution in [-0.4, -0.2) is 11.1 Å². The normalized spacial score (nSPS) is 18.0. The first-order valence-corrected chi connectivity index (χ1v) is 8.90. The number of allylic oxidation sites excluding steroid dienone is 1. The monoisotopic (exact) mass is 356 g/mol. The summed E-state index contributed by atoms with van der Waals surface area (Å²) in [6, 6.07) is 15.5. The zero-order chi connectivity index (χ0) is 17.1. The fraction of sp³-hybridized carbons (Fsp3) is 0.158. The Morgan fingerprint density at radius 1 is 1.17 bits per heavy atom. The number of carbonyl (C=O) groups excluding carboxylic acids is 1. The SMILES string of the molecule is CCc1ccccc1N=C1NC(=O)/C(=C(\C)c2ccc(Cl)cc2)S1. The topological polar surface area (TPSA) is 41.5 Å². The molecule has 0 spiro atoms. The van der Waals surface area contributed by atoms with Crippen molar-refractivity contribution in [2.24, 2.45) is 4.99 Å². The predicted molar refractivity (Wildman–Crippen MR) is 103 cm³/mol. The van der Waals surface area contributed by atoms with Gasteiger partial charge in [0, 0.05) is 5.02 Å². The molecule has 0 unspecified atom stereocenters. The van der Waals surface area contributed by atoms with E-state index in [9.17, 15) is 4.79 Å². The minimum atomic E-state index is -0.111. The van der Waals surface area contributed by atoms with E-state index in [-0.39, 0.29) is 5.91 Å². The number of amides is 1. The summed E-state index contributed by atoms with van der Waals surface area (Å²) >= 11 is 7.30. The van der Waals surface area contributed by atoms with Crippen molar-refractivity contribution in [2.45, 2.75) is 20.3 Å². The quantitative estimate of drug-likeness (QED) is 0.769. The van der Waals surface area contributed by atoms with Crippen molar-refractivity contribution in [1.29, 1.82) is 0 Å². The molecule has 2 aromatic rings. The number of rotatable bonds is 3. The summed E-state index contributed by atoms with van der Waals surface area (Å²) in [5, 5.41) is 4.15. The molecule has 1 fully saturated rings. The van der Waals surface area contributed by atoms with Gasteiger partial charge in [0.2, 0.25) is 0 Å². The Labute approximate surface area is 150 Å². The van der Waals surface area contributed by atoms with Gasteiger partial charge in [-0.3, -0.25) is 4.79 Å². The second-order valence-electron chi connectivity index (χ2n) is 5.42. The molecule has 24 heavy (non-hydrogen) atoms. The average Bonchev–Trinajstić information content (AvgIpc) is 2.96. The van der Waals surface area contributed by atoms with Crippen LogP contribution in [0.3, 0.4) is 0 Å². The van der Waals surface area contributed by atoms with Crippen molar-refractivity contribution in [2.75, 3.05) is 0 Å². The molecular weight excluding hydrogens is 340 g/mol. The van der Waals surface area contributed by atoms with Crippen LogP contribution < -0.4 is 5.32 Å². The highest BCUT2D eigenvalue weighted by molar-refractivity contribution is 8.18. The molecule has 0 aliphatic carbocycles. The van der Waals surface area contributed by atoms with E-state index in [1.807, 2.05) is 49.4 Å². The standard InChI is InChI=1S/C19H17ClN2OS/c1-3-13-6-4-5-7-16(13)21-19-22-18(23)17(24-19)12(2)14-8-10-15(20)11-9-14/h4-11H,3H2,1-2H3,(H,21,22,23)/b17-12-. The van der Waals surface area contributed by atoms with Gasteiger partial charge < -0.3 is 5.32 Å². The van der Waals surface area contributed by atoms with Crippen molar-refractivity contribution in [3.63, 3.8) is 0 Å². The Kier molecular flexibility index (Phi) is 5.07. The molecule has 0 saturated carbocycles. The molecule has 2 aromatic carbocycles. The molecule has 5 heteroatoms. The van der Waals surface area contributed by atoms with Crippen LogP contribution >= 0.6 is 23.4 Å². The van der Waals surface area contributed by atoms with Gasteiger partial charge in [0.25, 0.3) is 5.91 Å². The van der Waals surface area contributed by atoms with Crippen molar-refractivity contribution in [3.8, 4) is 0 Å². The van der Waals surface area contributed by atoms with Crippen LogP contribution in [0.15, 0.2) is 58.4 Å². The van der Waals surface area contributed by atoms with Crippen molar-refractivity contribution >= 4 is 45.7 Å². The molecule has 0 atom stereocenters. The van der Waals surface area contributed by atoms with Gasteiger partial charge in [0.05, 0.1) is 10.6 Å². The number of aryl methyl sites for hydroxylation is 1. The highest BCUT2D eigenvalue weighted by Gasteiger charge is 2.26. The third-order valence-corrected chi connectivity index (χ3v) is 5.17. The molecule has 0 radical (unpaired) electrons. The first kappa shape index (κ1) is 16.8. The number of amidine groups is 1. The van der Waals surface area contributed by atoms with Crippen molar-refractivity contribution in [3.05, 3.63) is 69.6 Å². The lowest BCUT2D eigenvalue weighted by molar-refractivity contribution is -0.115. The van der Waals surface area contributed by atoms with Crippen LogP contribution in [-0.2, 0) is 11.2 Å². The van der Waals surface area contributed by atoms with E-state index in [0.29, 0.717) is 15.1 Å². The zero-order valence-electron chi connectivity index (χ0n) is 13.5. The number of para-hydroxylation sites is 1. The van der Waals surface area contributed by atoms with Gasteiger partial charge in [-0.05, 0) is 60.0 Å². The Morgan fingerprint density at radius 2 is 1.88 bits per heavy atom. The summed E-state index contributed by atoms with van der Waals surface area (Å²) in [4.78, 5) is 17.6. The summed E-state index contributed by atoms with van der Waals surface area (Å²) < 4.78 is 0. The van der Waals surface area contributed by atoms with E-state index in [4.69, 9.17) is 11.6 Å². The Morgan fingerprint density at radius 3 is 2.58 bits per heavy atom. The van der Waals surface area contributed by atoms with E-state index in [0.717, 1.165) is 28.8 Å². The number of halogens is 1. The molecule has 0 aromatic heterocycles. The highest BCUT2D eigenvalue weighted by Crippen LogP contribution is 2.33. The molecule has 1 heterocycles. The number of thioether (sulfide) groups is 1. The molecule has 122 valence electrons. The minimum absolute atomic E-state index is 0.111. The minimum Gasteiger partial charge on any atom is -0.300 e. The third kappa shape index (κ3) is 3.55. The van der Waals surface area contributed by atoms with E-state index < -0.39 is 0 Å². The smallest absolute Gasteiger partial charge is 0.264 e. The number of benzene rings is 2. The lowest BCUT2D eigenvalue weighted by atomic mass is 10.1. The van der Waals surface area contributed by atoms with Gasteiger partial charge in [-0.2, -0.15) is 0 Å². The lowest BCUT2D eigenvalue weighted by Gasteiger charge is -2.04. The first-order chi connectivity index (χ1) is 11.6. The van der Waals surface area contributed by atoms with Gasteiger partial charge in [0.1, 0.15) is 0 Å². The predicted octanol–water partition coefficient (Wildman–Crippen LogP) is 5.18. The van der Waals surface area contributed by atoms with Gasteiger partial charge >= 0.3 is 0 Å². The fourth-order valence-corrected chi connectivity index (χ4v) is 3.50. The maximum absolute atomic E-state index is 12.3. The summed E-state index contributed by atoms with van der Waals surface area (Å²) in [6.07, 6.45) is 0.901. The van der Waals surface area contributed by atoms with Crippen LogP contribution in [0.4, 0.5) is 5.69 Å². The van der Waals surface area contributed by atoms with E-state index in [1.165, 1.54) is 11.8 Å². The van der Waals surface area contributed by atoms with Crippen LogP contribution in [0.25, 0.3) is 5.57 Å². The second-order valence-corrected chi connectivity index (χ2v) is 6.85. The van der Waals surface area contributed by atoms with Crippen LogP contribution in [0.5, 0.6) is 0 Å².